The van der Waals surface area contributed by atoms with Gasteiger partial charge in [0.15, 0.2) is 11.0 Å². The fourth-order valence-corrected chi connectivity index (χ4v) is 3.11. The standard InChI is InChI=1S/C19H20N4O2S/c1-13-4-6-14(7-5-13)18-21-22-19(23(18)2)26-12-17(24)20-15-8-10-16(25-3)11-9-15/h4-11H,12H2,1-3H3,(H,20,24). The molecule has 0 aliphatic heterocycles. The zero-order valence-corrected chi connectivity index (χ0v) is 15.7. The number of rotatable bonds is 6. The molecule has 0 aliphatic rings. The lowest BCUT2D eigenvalue weighted by atomic mass is 10.1. The van der Waals surface area contributed by atoms with Crippen LogP contribution in [0.15, 0.2) is 53.7 Å². The van der Waals surface area contributed by atoms with Crippen LogP contribution in [0.5, 0.6) is 5.75 Å². The first-order valence-electron chi connectivity index (χ1n) is 8.10. The van der Waals surface area contributed by atoms with Gasteiger partial charge in [0.2, 0.25) is 5.91 Å². The van der Waals surface area contributed by atoms with Crippen molar-refractivity contribution in [3.8, 4) is 17.1 Å². The van der Waals surface area contributed by atoms with E-state index in [4.69, 9.17) is 4.74 Å². The maximum atomic E-state index is 12.1. The van der Waals surface area contributed by atoms with Crippen LogP contribution in [0.2, 0.25) is 0 Å². The van der Waals surface area contributed by atoms with Crippen LogP contribution in [0.3, 0.4) is 0 Å². The van der Waals surface area contributed by atoms with Gasteiger partial charge in [-0.05, 0) is 31.2 Å². The highest BCUT2D eigenvalue weighted by molar-refractivity contribution is 7.99. The minimum Gasteiger partial charge on any atom is -0.497 e. The molecule has 0 saturated heterocycles. The SMILES string of the molecule is COc1ccc(NC(=O)CSc2nnc(-c3ccc(C)cc3)n2C)cc1. The second-order valence-electron chi connectivity index (χ2n) is 5.80. The van der Waals surface area contributed by atoms with Gasteiger partial charge in [-0.25, -0.2) is 0 Å². The van der Waals surface area contributed by atoms with Crippen molar-refractivity contribution < 1.29 is 9.53 Å². The van der Waals surface area contributed by atoms with E-state index in [0.717, 1.165) is 22.8 Å². The average molecular weight is 368 g/mol. The Labute approximate surface area is 156 Å². The number of benzene rings is 2. The monoisotopic (exact) mass is 368 g/mol. The van der Waals surface area contributed by atoms with Gasteiger partial charge in [-0.15, -0.1) is 10.2 Å². The minimum absolute atomic E-state index is 0.0972. The number of aryl methyl sites for hydroxylation is 1. The molecule has 3 aromatic rings. The minimum atomic E-state index is -0.0972. The Kier molecular flexibility index (Phi) is 5.58. The van der Waals surface area contributed by atoms with E-state index in [2.05, 4.69) is 15.5 Å². The predicted molar refractivity (Wildman–Crippen MR) is 104 cm³/mol. The molecular formula is C19H20N4O2S. The van der Waals surface area contributed by atoms with Crippen molar-refractivity contribution in [1.82, 2.24) is 14.8 Å². The molecule has 7 heteroatoms. The maximum Gasteiger partial charge on any atom is 0.234 e. The summed E-state index contributed by atoms with van der Waals surface area (Å²) in [4.78, 5) is 12.1. The predicted octanol–water partition coefficient (Wildman–Crippen LogP) is 3.53. The molecule has 6 nitrogen and oxygen atoms in total. The third-order valence-corrected chi connectivity index (χ3v) is 4.87. The summed E-state index contributed by atoms with van der Waals surface area (Å²) in [6.45, 7) is 2.04. The molecule has 0 atom stereocenters. The van der Waals surface area contributed by atoms with Crippen molar-refractivity contribution in [2.45, 2.75) is 12.1 Å². The van der Waals surface area contributed by atoms with Crippen molar-refractivity contribution >= 4 is 23.4 Å². The summed E-state index contributed by atoms with van der Waals surface area (Å²) in [7, 11) is 3.51. The van der Waals surface area contributed by atoms with Crippen LogP contribution in [0, 0.1) is 6.92 Å². The van der Waals surface area contributed by atoms with E-state index in [1.165, 1.54) is 17.3 Å². The summed E-state index contributed by atoms with van der Waals surface area (Å²) in [6.07, 6.45) is 0. The smallest absolute Gasteiger partial charge is 0.234 e. The molecule has 0 spiro atoms. The first-order chi connectivity index (χ1) is 12.6. The fraction of sp³-hybridized carbons (Fsp3) is 0.211. The summed E-state index contributed by atoms with van der Waals surface area (Å²) in [5, 5.41) is 12.0. The first kappa shape index (κ1) is 18.0. The second kappa shape index (κ2) is 8.05. The van der Waals surface area contributed by atoms with Gasteiger partial charge in [0.1, 0.15) is 5.75 Å². The Balaban J connectivity index is 1.60. The molecule has 0 bridgehead atoms. The topological polar surface area (TPSA) is 69.0 Å². The molecule has 0 fully saturated rings. The number of nitrogens with one attached hydrogen (secondary N) is 1. The van der Waals surface area contributed by atoms with E-state index >= 15 is 0 Å². The molecule has 134 valence electrons. The van der Waals surface area contributed by atoms with Crippen LogP contribution in [-0.4, -0.2) is 33.5 Å². The summed E-state index contributed by atoms with van der Waals surface area (Å²) in [5.41, 5.74) is 2.93. The van der Waals surface area contributed by atoms with E-state index in [0.29, 0.717) is 5.16 Å². The lowest BCUT2D eigenvalue weighted by Gasteiger charge is -2.06. The Bertz CT molecular complexity index is 889. The number of ether oxygens (including phenoxy) is 1. The van der Waals surface area contributed by atoms with Crippen LogP contribution in [0.1, 0.15) is 5.56 Å². The third-order valence-electron chi connectivity index (χ3n) is 3.85. The van der Waals surface area contributed by atoms with E-state index < -0.39 is 0 Å². The first-order valence-corrected chi connectivity index (χ1v) is 9.08. The fourth-order valence-electron chi connectivity index (χ4n) is 2.40. The highest BCUT2D eigenvalue weighted by atomic mass is 32.2. The van der Waals surface area contributed by atoms with Crippen molar-refractivity contribution in [3.05, 3.63) is 54.1 Å². The Morgan fingerprint density at radius 3 is 2.46 bits per heavy atom. The van der Waals surface area contributed by atoms with E-state index in [1.54, 1.807) is 31.4 Å². The summed E-state index contributed by atoms with van der Waals surface area (Å²) >= 11 is 1.35. The molecule has 0 saturated carbocycles. The molecule has 0 aliphatic carbocycles. The van der Waals surface area contributed by atoms with Crippen molar-refractivity contribution in [3.63, 3.8) is 0 Å². The molecule has 1 heterocycles. The van der Waals surface area contributed by atoms with Gasteiger partial charge >= 0.3 is 0 Å². The number of carbonyl (C=O) groups is 1. The number of amides is 1. The van der Waals surface area contributed by atoms with Crippen LogP contribution in [-0.2, 0) is 11.8 Å². The second-order valence-corrected chi connectivity index (χ2v) is 6.74. The molecule has 1 N–H and O–H groups in total. The summed E-state index contributed by atoms with van der Waals surface area (Å²) in [6, 6.07) is 15.3. The van der Waals surface area contributed by atoms with Crippen molar-refractivity contribution in [1.29, 1.82) is 0 Å². The third kappa shape index (κ3) is 4.23. The average Bonchev–Trinajstić information content (AvgIpc) is 3.02. The number of hydrogen-bond acceptors (Lipinski definition) is 5. The van der Waals surface area contributed by atoms with Crippen LogP contribution < -0.4 is 10.1 Å². The molecule has 1 aromatic heterocycles. The van der Waals surface area contributed by atoms with Crippen LogP contribution in [0.4, 0.5) is 5.69 Å². The Morgan fingerprint density at radius 1 is 1.12 bits per heavy atom. The molecule has 26 heavy (non-hydrogen) atoms. The van der Waals surface area contributed by atoms with Gasteiger partial charge in [0.25, 0.3) is 0 Å². The molecule has 0 unspecified atom stereocenters. The van der Waals surface area contributed by atoms with Gasteiger partial charge in [0.05, 0.1) is 12.9 Å². The lowest BCUT2D eigenvalue weighted by Crippen LogP contribution is -2.14. The number of carbonyl (C=O) groups excluding carboxylic acids is 1. The van der Waals surface area contributed by atoms with Crippen molar-refractivity contribution in [2.75, 3.05) is 18.2 Å². The molecule has 0 radical (unpaired) electrons. The summed E-state index contributed by atoms with van der Waals surface area (Å²) < 4.78 is 7.00. The van der Waals surface area contributed by atoms with Gasteiger partial charge in [0, 0.05) is 18.3 Å². The van der Waals surface area contributed by atoms with Gasteiger partial charge in [-0.2, -0.15) is 0 Å². The quantitative estimate of drug-likeness (QED) is 0.674. The zero-order valence-electron chi connectivity index (χ0n) is 14.9. The van der Waals surface area contributed by atoms with E-state index in [9.17, 15) is 4.79 Å². The van der Waals surface area contributed by atoms with Crippen molar-refractivity contribution in [2.24, 2.45) is 7.05 Å². The number of methoxy groups -OCH3 is 1. The van der Waals surface area contributed by atoms with E-state index in [1.807, 2.05) is 42.8 Å². The largest absolute Gasteiger partial charge is 0.497 e. The van der Waals surface area contributed by atoms with E-state index in [-0.39, 0.29) is 11.7 Å². The molecule has 1 amide bonds. The normalized spacial score (nSPS) is 10.6. The Hall–Kier alpha value is -2.80. The maximum absolute atomic E-state index is 12.1. The van der Waals surface area contributed by atoms with Gasteiger partial charge < -0.3 is 14.6 Å². The summed E-state index contributed by atoms with van der Waals surface area (Å²) in [5.74, 6) is 1.69. The van der Waals surface area contributed by atoms with Crippen LogP contribution >= 0.6 is 11.8 Å². The molecule has 3 rings (SSSR count). The highest BCUT2D eigenvalue weighted by Gasteiger charge is 2.13. The van der Waals surface area contributed by atoms with Crippen LogP contribution in [0.25, 0.3) is 11.4 Å². The Morgan fingerprint density at radius 2 is 1.81 bits per heavy atom. The lowest BCUT2D eigenvalue weighted by molar-refractivity contribution is -0.113. The molecule has 2 aromatic carbocycles. The zero-order chi connectivity index (χ0) is 18.5. The number of anilines is 1. The highest BCUT2D eigenvalue weighted by Crippen LogP contribution is 2.23. The number of nitrogens with zero attached hydrogens (tertiary/aromatic N) is 3. The number of hydrogen-bond donors (Lipinski definition) is 1. The number of aromatic nitrogens is 3. The van der Waals surface area contributed by atoms with Gasteiger partial charge in [-0.3, -0.25) is 4.79 Å². The van der Waals surface area contributed by atoms with Gasteiger partial charge in [-0.1, -0.05) is 41.6 Å². The number of thioether (sulfide) groups is 1. The molecular weight excluding hydrogens is 348 g/mol.